The van der Waals surface area contributed by atoms with Crippen LogP contribution in [0, 0.1) is 12.7 Å². The summed E-state index contributed by atoms with van der Waals surface area (Å²) in [5.74, 6) is -0.673. The van der Waals surface area contributed by atoms with E-state index in [1.165, 1.54) is 12.1 Å². The second kappa shape index (κ2) is 5.73. The number of sulfone groups is 1. The molecule has 2 aromatic carbocycles. The van der Waals surface area contributed by atoms with E-state index >= 15 is 0 Å². The number of hydrogen-bond donors (Lipinski definition) is 1. The molecule has 1 unspecified atom stereocenters. The van der Waals surface area contributed by atoms with Gasteiger partial charge in [-0.1, -0.05) is 29.8 Å². The Morgan fingerprint density at radius 3 is 2.15 bits per heavy atom. The van der Waals surface area contributed by atoms with Crippen LogP contribution < -0.4 is 5.73 Å². The fourth-order valence-corrected chi connectivity index (χ4v) is 3.29. The van der Waals surface area contributed by atoms with Crippen LogP contribution in [-0.4, -0.2) is 14.2 Å². The first-order valence-corrected chi connectivity index (χ1v) is 7.84. The third kappa shape index (κ3) is 3.43. The first-order valence-electron chi connectivity index (χ1n) is 6.19. The van der Waals surface area contributed by atoms with Crippen molar-refractivity contribution in [3.63, 3.8) is 0 Å². The van der Waals surface area contributed by atoms with Gasteiger partial charge in [0.1, 0.15) is 5.82 Å². The highest BCUT2D eigenvalue weighted by Crippen LogP contribution is 2.19. The van der Waals surface area contributed by atoms with Gasteiger partial charge < -0.3 is 5.73 Å². The Kier molecular flexibility index (Phi) is 4.20. The molecule has 0 radical (unpaired) electrons. The van der Waals surface area contributed by atoms with E-state index in [-0.39, 0.29) is 10.6 Å². The summed E-state index contributed by atoms with van der Waals surface area (Å²) in [5, 5.41) is 0. The highest BCUT2D eigenvalue weighted by Gasteiger charge is 2.19. The fraction of sp³-hybridized carbons (Fsp3) is 0.200. The second-order valence-corrected chi connectivity index (χ2v) is 6.79. The molecule has 1 atom stereocenters. The molecule has 0 amide bonds. The minimum Gasteiger partial charge on any atom is -0.323 e. The molecule has 0 heterocycles. The molecule has 20 heavy (non-hydrogen) atoms. The summed E-state index contributed by atoms with van der Waals surface area (Å²) in [7, 11) is -3.53. The van der Waals surface area contributed by atoms with Gasteiger partial charge >= 0.3 is 0 Å². The van der Waals surface area contributed by atoms with Crippen LogP contribution in [0.3, 0.4) is 0 Å². The summed E-state index contributed by atoms with van der Waals surface area (Å²) in [6.07, 6.45) is 0. The van der Waals surface area contributed by atoms with Gasteiger partial charge in [-0.15, -0.1) is 0 Å². The third-order valence-electron chi connectivity index (χ3n) is 3.08. The van der Waals surface area contributed by atoms with E-state index in [1.807, 2.05) is 31.2 Å². The third-order valence-corrected chi connectivity index (χ3v) is 4.87. The van der Waals surface area contributed by atoms with Crippen molar-refractivity contribution >= 4 is 9.84 Å². The predicted octanol–water partition coefficient (Wildman–Crippen LogP) is 2.61. The Bertz CT molecular complexity index is 679. The molecule has 3 nitrogen and oxygen atoms in total. The molecule has 0 aliphatic carbocycles. The molecule has 0 aromatic heterocycles. The molecule has 0 spiro atoms. The van der Waals surface area contributed by atoms with Crippen molar-refractivity contribution in [3.8, 4) is 0 Å². The van der Waals surface area contributed by atoms with Crippen LogP contribution in [0.4, 0.5) is 4.39 Å². The zero-order valence-corrected chi connectivity index (χ0v) is 11.9. The lowest BCUT2D eigenvalue weighted by atomic mass is 10.1. The summed E-state index contributed by atoms with van der Waals surface area (Å²) >= 11 is 0. The summed E-state index contributed by atoms with van der Waals surface area (Å²) in [4.78, 5) is 0.0847. The quantitative estimate of drug-likeness (QED) is 0.881. The molecular weight excluding hydrogens is 277 g/mol. The average molecular weight is 293 g/mol. The smallest absolute Gasteiger partial charge is 0.180 e. The van der Waals surface area contributed by atoms with E-state index in [2.05, 4.69) is 0 Å². The van der Waals surface area contributed by atoms with Crippen molar-refractivity contribution < 1.29 is 12.8 Å². The van der Waals surface area contributed by atoms with Crippen LogP contribution in [0.5, 0.6) is 0 Å². The molecular formula is C15H16FNO2S. The molecule has 0 saturated carbocycles. The highest BCUT2D eigenvalue weighted by molar-refractivity contribution is 7.91. The zero-order chi connectivity index (χ0) is 14.8. The van der Waals surface area contributed by atoms with Crippen molar-refractivity contribution in [2.45, 2.75) is 17.9 Å². The SMILES string of the molecule is Cc1ccc(C(N)CS(=O)(=O)c2ccc(F)cc2)cc1. The van der Waals surface area contributed by atoms with Crippen LogP contribution in [0.15, 0.2) is 53.4 Å². The Hall–Kier alpha value is -1.72. The number of rotatable bonds is 4. The molecule has 0 aliphatic rings. The van der Waals surface area contributed by atoms with Crippen LogP contribution >= 0.6 is 0 Å². The second-order valence-electron chi connectivity index (χ2n) is 4.75. The summed E-state index contributed by atoms with van der Waals surface area (Å²) in [6.45, 7) is 1.95. The largest absolute Gasteiger partial charge is 0.323 e. The Morgan fingerprint density at radius 2 is 1.60 bits per heavy atom. The Labute approximate surface area is 118 Å². The molecule has 0 fully saturated rings. The molecule has 0 aliphatic heterocycles. The van der Waals surface area contributed by atoms with Crippen molar-refractivity contribution in [2.24, 2.45) is 5.73 Å². The van der Waals surface area contributed by atoms with E-state index in [4.69, 9.17) is 5.73 Å². The molecule has 5 heteroatoms. The lowest BCUT2D eigenvalue weighted by Gasteiger charge is -2.13. The van der Waals surface area contributed by atoms with Gasteiger partial charge in [-0.05, 0) is 36.8 Å². The lowest BCUT2D eigenvalue weighted by molar-refractivity contribution is 0.588. The van der Waals surface area contributed by atoms with Crippen molar-refractivity contribution in [2.75, 3.05) is 5.75 Å². The van der Waals surface area contributed by atoms with Gasteiger partial charge in [0.25, 0.3) is 0 Å². The van der Waals surface area contributed by atoms with Gasteiger partial charge in [0, 0.05) is 6.04 Å². The summed E-state index contributed by atoms with van der Waals surface area (Å²) < 4.78 is 37.2. The first kappa shape index (κ1) is 14.7. The minimum atomic E-state index is -3.53. The van der Waals surface area contributed by atoms with Gasteiger partial charge in [0.2, 0.25) is 0 Å². The monoisotopic (exact) mass is 293 g/mol. The maximum Gasteiger partial charge on any atom is 0.180 e. The van der Waals surface area contributed by atoms with Crippen LogP contribution in [0.25, 0.3) is 0 Å². The molecule has 106 valence electrons. The van der Waals surface area contributed by atoms with Crippen LogP contribution in [0.2, 0.25) is 0 Å². The van der Waals surface area contributed by atoms with E-state index in [1.54, 1.807) is 0 Å². The predicted molar refractivity (Wildman–Crippen MR) is 76.6 cm³/mol. The maximum absolute atomic E-state index is 12.8. The van der Waals surface area contributed by atoms with Gasteiger partial charge in [-0.25, -0.2) is 12.8 Å². The first-order chi connectivity index (χ1) is 9.38. The summed E-state index contributed by atoms with van der Waals surface area (Å²) in [5.41, 5.74) is 7.80. The molecule has 2 rings (SSSR count). The normalized spacial score (nSPS) is 13.2. The Balaban J connectivity index is 2.19. The van der Waals surface area contributed by atoms with E-state index < -0.39 is 21.7 Å². The molecule has 0 bridgehead atoms. The van der Waals surface area contributed by atoms with Gasteiger partial charge in [0.05, 0.1) is 10.6 Å². The van der Waals surface area contributed by atoms with Crippen molar-refractivity contribution in [1.29, 1.82) is 0 Å². The zero-order valence-electron chi connectivity index (χ0n) is 11.1. The minimum absolute atomic E-state index is 0.0847. The lowest BCUT2D eigenvalue weighted by Crippen LogP contribution is -2.21. The maximum atomic E-state index is 12.8. The van der Waals surface area contributed by atoms with Crippen molar-refractivity contribution in [1.82, 2.24) is 0 Å². The number of nitrogens with two attached hydrogens (primary N) is 1. The number of aryl methyl sites for hydroxylation is 1. The number of benzene rings is 2. The average Bonchev–Trinajstić information content (AvgIpc) is 2.39. The van der Waals surface area contributed by atoms with Gasteiger partial charge in [-0.3, -0.25) is 0 Å². The summed E-state index contributed by atoms with van der Waals surface area (Å²) in [6, 6.07) is 11.6. The van der Waals surface area contributed by atoms with Crippen LogP contribution in [0.1, 0.15) is 17.2 Å². The van der Waals surface area contributed by atoms with Crippen LogP contribution in [-0.2, 0) is 9.84 Å². The van der Waals surface area contributed by atoms with E-state index in [0.717, 1.165) is 23.3 Å². The highest BCUT2D eigenvalue weighted by atomic mass is 32.2. The van der Waals surface area contributed by atoms with Gasteiger partial charge in [0.15, 0.2) is 9.84 Å². The van der Waals surface area contributed by atoms with Crippen molar-refractivity contribution in [3.05, 3.63) is 65.5 Å². The topological polar surface area (TPSA) is 60.2 Å². The van der Waals surface area contributed by atoms with E-state index in [0.29, 0.717) is 0 Å². The molecule has 0 saturated heterocycles. The number of hydrogen-bond acceptors (Lipinski definition) is 3. The van der Waals surface area contributed by atoms with Gasteiger partial charge in [-0.2, -0.15) is 0 Å². The number of halogens is 1. The standard InChI is InChI=1S/C15H16FNO2S/c1-11-2-4-12(5-3-11)15(17)10-20(18,19)14-8-6-13(16)7-9-14/h2-9,15H,10,17H2,1H3. The Morgan fingerprint density at radius 1 is 1.05 bits per heavy atom. The van der Waals surface area contributed by atoms with E-state index in [9.17, 15) is 12.8 Å². The molecule has 2 aromatic rings. The molecule has 2 N–H and O–H groups in total. The fourth-order valence-electron chi connectivity index (χ4n) is 1.88.